The highest BCUT2D eigenvalue weighted by atomic mass is 19.4. The van der Waals surface area contributed by atoms with Crippen LogP contribution in [0.4, 0.5) is 13.2 Å². The van der Waals surface area contributed by atoms with E-state index in [1.165, 1.54) is 5.16 Å². The average Bonchev–Trinajstić information content (AvgIpc) is 2.11. The van der Waals surface area contributed by atoms with Gasteiger partial charge in [-0.15, -0.1) is 0 Å². The summed E-state index contributed by atoms with van der Waals surface area (Å²) in [6.07, 6.45) is -4.54. The second-order valence-corrected chi connectivity index (χ2v) is 1.58. The van der Waals surface area contributed by atoms with Crippen molar-refractivity contribution in [2.24, 2.45) is 0 Å². The predicted molar refractivity (Wildman–Crippen MR) is 24.3 cm³/mol. The third-order valence-corrected chi connectivity index (χ3v) is 0.829. The molecule has 1 aromatic rings. The fourth-order valence-corrected chi connectivity index (χ4v) is 0.422. The molecule has 1 aromatic heterocycles. The van der Waals surface area contributed by atoms with Crippen LogP contribution >= 0.6 is 0 Å². The lowest BCUT2D eigenvalue weighted by atomic mass is 10.4. The zero-order valence-electron chi connectivity index (χ0n) is 4.53. The summed E-state index contributed by atoms with van der Waals surface area (Å²) in [5.74, 6) is 0. The van der Waals surface area contributed by atoms with Crippen LogP contribution in [0.5, 0.6) is 0 Å². The van der Waals surface area contributed by atoms with Crippen molar-refractivity contribution in [3.8, 4) is 0 Å². The maximum absolute atomic E-state index is 11.6. The van der Waals surface area contributed by atoms with Gasteiger partial charge in [0.2, 0.25) is 0 Å². The molecule has 0 atom stereocenters. The number of nitrogens with one attached hydrogen (secondary N) is 1. The molecule has 0 radical (unpaired) electrons. The van der Waals surface area contributed by atoms with Crippen LogP contribution in [0.3, 0.4) is 0 Å². The van der Waals surface area contributed by atoms with Gasteiger partial charge in [-0.05, 0) is 0 Å². The van der Waals surface area contributed by atoms with Crippen LogP contribution in [0.15, 0.2) is 15.4 Å². The third-order valence-electron chi connectivity index (χ3n) is 0.829. The van der Waals surface area contributed by atoms with E-state index >= 15 is 0 Å². The van der Waals surface area contributed by atoms with Crippen LogP contribution in [0.25, 0.3) is 0 Å². The number of hydrogen-bond acceptors (Lipinski definition) is 2. The van der Waals surface area contributed by atoms with Gasteiger partial charge in [0.15, 0.2) is 5.69 Å². The molecule has 0 aliphatic carbocycles. The van der Waals surface area contributed by atoms with Crippen LogP contribution in [0, 0.1) is 0 Å². The molecule has 0 saturated carbocycles. The average molecular weight is 153 g/mol. The van der Waals surface area contributed by atoms with Gasteiger partial charge >= 0.3 is 11.8 Å². The Kier molecular flexibility index (Phi) is 1.31. The monoisotopic (exact) mass is 153 g/mol. The lowest BCUT2D eigenvalue weighted by Crippen LogP contribution is -2.05. The molecule has 0 aliphatic heterocycles. The summed E-state index contributed by atoms with van der Waals surface area (Å²) in [6, 6.07) is 0.347. The maximum Gasteiger partial charge on any atom is 0.434 e. The number of alkyl halides is 3. The molecule has 0 amide bonds. The minimum atomic E-state index is -4.54. The zero-order valence-corrected chi connectivity index (χ0v) is 4.53. The molecule has 0 aromatic carbocycles. The molecular formula is C4H2F3NO2. The number of aromatic nitrogens is 1. The standard InChI is InChI=1S/C4H2F3NO2/c5-4(6,7)2-1-3(9)10-8-2/h1,8H. The Labute approximate surface area is 52.4 Å². The first kappa shape index (κ1) is 6.91. The molecule has 0 aliphatic rings. The molecule has 3 nitrogen and oxygen atoms in total. The van der Waals surface area contributed by atoms with Crippen LogP contribution < -0.4 is 5.63 Å². The Morgan fingerprint density at radius 1 is 1.50 bits per heavy atom. The second-order valence-electron chi connectivity index (χ2n) is 1.58. The predicted octanol–water partition coefficient (Wildman–Crippen LogP) is 0.987. The van der Waals surface area contributed by atoms with E-state index in [4.69, 9.17) is 0 Å². The molecule has 0 spiro atoms. The Hall–Kier alpha value is -1.20. The molecule has 6 heteroatoms. The van der Waals surface area contributed by atoms with Gasteiger partial charge < -0.3 is 4.52 Å². The Morgan fingerprint density at radius 2 is 2.10 bits per heavy atom. The molecule has 10 heavy (non-hydrogen) atoms. The first-order chi connectivity index (χ1) is 4.50. The van der Waals surface area contributed by atoms with E-state index in [0.717, 1.165) is 0 Å². The first-order valence-electron chi connectivity index (χ1n) is 2.26. The smallest absolute Gasteiger partial charge is 0.339 e. The van der Waals surface area contributed by atoms with Gasteiger partial charge in [0.1, 0.15) is 0 Å². The Morgan fingerprint density at radius 3 is 2.30 bits per heavy atom. The van der Waals surface area contributed by atoms with E-state index in [0.29, 0.717) is 6.07 Å². The first-order valence-corrected chi connectivity index (χ1v) is 2.26. The Balaban J connectivity index is 3.07. The van der Waals surface area contributed by atoms with E-state index in [1.54, 1.807) is 0 Å². The van der Waals surface area contributed by atoms with Crippen molar-refractivity contribution in [2.75, 3.05) is 0 Å². The zero-order chi connectivity index (χ0) is 7.78. The molecule has 0 saturated heterocycles. The summed E-state index contributed by atoms with van der Waals surface area (Å²) in [4.78, 5) is 10.0. The van der Waals surface area contributed by atoms with Crippen molar-refractivity contribution in [3.05, 3.63) is 22.2 Å². The summed E-state index contributed by atoms with van der Waals surface area (Å²) in [6.45, 7) is 0. The highest BCUT2D eigenvalue weighted by molar-refractivity contribution is 4.99. The van der Waals surface area contributed by atoms with E-state index < -0.39 is 17.5 Å². The van der Waals surface area contributed by atoms with Gasteiger partial charge in [0.05, 0.1) is 6.07 Å². The summed E-state index contributed by atoms with van der Waals surface area (Å²) in [7, 11) is 0. The van der Waals surface area contributed by atoms with Gasteiger partial charge in [-0.3, -0.25) is 0 Å². The number of aromatic amines is 1. The number of hydrogen-bond donors (Lipinski definition) is 1. The van der Waals surface area contributed by atoms with Crippen LogP contribution in [-0.2, 0) is 6.18 Å². The molecular weight excluding hydrogens is 151 g/mol. The molecule has 0 unspecified atom stereocenters. The summed E-state index contributed by atoms with van der Waals surface area (Å²) >= 11 is 0. The third kappa shape index (κ3) is 1.20. The van der Waals surface area contributed by atoms with E-state index in [-0.39, 0.29) is 0 Å². The summed E-state index contributed by atoms with van der Waals surface area (Å²) in [5.41, 5.74) is -2.20. The summed E-state index contributed by atoms with van der Waals surface area (Å²) in [5, 5.41) is 1.43. The molecule has 56 valence electrons. The van der Waals surface area contributed by atoms with Gasteiger partial charge in [0.25, 0.3) is 0 Å². The molecule has 0 fully saturated rings. The van der Waals surface area contributed by atoms with Crippen LogP contribution in [0.1, 0.15) is 5.69 Å². The molecule has 1 heterocycles. The quantitative estimate of drug-likeness (QED) is 0.603. The van der Waals surface area contributed by atoms with Gasteiger partial charge in [-0.25, -0.2) is 9.95 Å². The minimum Gasteiger partial charge on any atom is -0.339 e. The maximum atomic E-state index is 11.6. The number of H-pyrrole nitrogens is 1. The van der Waals surface area contributed by atoms with Crippen molar-refractivity contribution < 1.29 is 17.7 Å². The van der Waals surface area contributed by atoms with Crippen molar-refractivity contribution >= 4 is 0 Å². The topological polar surface area (TPSA) is 46.0 Å². The lowest BCUT2D eigenvalue weighted by molar-refractivity contribution is -0.142. The fraction of sp³-hybridized carbons (Fsp3) is 0.250. The largest absolute Gasteiger partial charge is 0.434 e. The highest BCUT2D eigenvalue weighted by Crippen LogP contribution is 2.25. The van der Waals surface area contributed by atoms with Gasteiger partial charge in [0, 0.05) is 0 Å². The summed E-state index contributed by atoms with van der Waals surface area (Å²) < 4.78 is 38.5. The molecule has 1 N–H and O–H groups in total. The normalized spacial score (nSPS) is 11.9. The van der Waals surface area contributed by atoms with Gasteiger partial charge in [-0.1, -0.05) is 0 Å². The van der Waals surface area contributed by atoms with Crippen molar-refractivity contribution in [3.63, 3.8) is 0 Å². The van der Waals surface area contributed by atoms with Crippen LogP contribution in [0.2, 0.25) is 0 Å². The molecule has 1 rings (SSSR count). The van der Waals surface area contributed by atoms with E-state index in [2.05, 4.69) is 4.52 Å². The lowest BCUT2D eigenvalue weighted by Gasteiger charge is -1.98. The highest BCUT2D eigenvalue weighted by Gasteiger charge is 2.33. The molecule has 0 bridgehead atoms. The van der Waals surface area contributed by atoms with Gasteiger partial charge in [-0.2, -0.15) is 13.2 Å². The van der Waals surface area contributed by atoms with Crippen molar-refractivity contribution in [1.82, 2.24) is 5.16 Å². The fourth-order valence-electron chi connectivity index (χ4n) is 0.422. The number of rotatable bonds is 0. The Bertz CT molecular complexity index is 271. The number of halogens is 3. The van der Waals surface area contributed by atoms with E-state index in [9.17, 15) is 18.0 Å². The van der Waals surface area contributed by atoms with Crippen molar-refractivity contribution in [1.29, 1.82) is 0 Å². The SMILES string of the molecule is O=c1cc(C(F)(F)F)[nH]o1. The van der Waals surface area contributed by atoms with Crippen molar-refractivity contribution in [2.45, 2.75) is 6.18 Å². The second kappa shape index (κ2) is 1.89. The minimum absolute atomic E-state index is 0.347. The van der Waals surface area contributed by atoms with E-state index in [1.807, 2.05) is 0 Å². The van der Waals surface area contributed by atoms with Crippen LogP contribution in [-0.4, -0.2) is 5.16 Å².